The van der Waals surface area contributed by atoms with E-state index >= 15 is 0 Å². The van der Waals surface area contributed by atoms with Crippen molar-refractivity contribution >= 4 is 28.6 Å². The van der Waals surface area contributed by atoms with Crippen LogP contribution >= 0.6 is 12.2 Å². The van der Waals surface area contributed by atoms with Gasteiger partial charge in [-0.1, -0.05) is 37.7 Å². The number of hydrogen-bond donors (Lipinski definition) is 2. The summed E-state index contributed by atoms with van der Waals surface area (Å²) in [7, 11) is 0. The molecule has 0 aliphatic rings. The first-order valence-electron chi connectivity index (χ1n) is 6.55. The Hall–Kier alpha value is -1.94. The van der Waals surface area contributed by atoms with Crippen LogP contribution in [0.5, 0.6) is 0 Å². The predicted octanol–water partition coefficient (Wildman–Crippen LogP) is 4.16. The highest BCUT2D eigenvalue weighted by Crippen LogP contribution is 2.21. The van der Waals surface area contributed by atoms with Gasteiger partial charge in [0.1, 0.15) is 10.8 Å². The summed E-state index contributed by atoms with van der Waals surface area (Å²) < 4.78 is 13.9. The van der Waals surface area contributed by atoms with Gasteiger partial charge in [0.05, 0.1) is 5.69 Å². The van der Waals surface area contributed by atoms with E-state index in [9.17, 15) is 4.39 Å². The average molecular weight is 288 g/mol. The third kappa shape index (κ3) is 3.54. The molecule has 2 aromatic rings. The Kier molecular flexibility index (Phi) is 4.69. The summed E-state index contributed by atoms with van der Waals surface area (Å²) in [4.78, 5) is 0.194. The number of anilines is 2. The fraction of sp³-hybridized carbons (Fsp3) is 0.188. The van der Waals surface area contributed by atoms with Gasteiger partial charge in [-0.3, -0.25) is 0 Å². The maximum atomic E-state index is 13.9. The van der Waals surface area contributed by atoms with Crippen LogP contribution in [0.4, 0.5) is 15.8 Å². The summed E-state index contributed by atoms with van der Waals surface area (Å²) in [5, 5.41) is 3.05. The number of benzene rings is 2. The second kappa shape index (κ2) is 6.48. The molecular formula is C16H17FN2S. The molecule has 2 aromatic carbocycles. The first kappa shape index (κ1) is 14.5. The maximum absolute atomic E-state index is 13.9. The van der Waals surface area contributed by atoms with E-state index in [4.69, 9.17) is 18.0 Å². The van der Waals surface area contributed by atoms with Crippen LogP contribution in [0.25, 0.3) is 0 Å². The zero-order valence-corrected chi connectivity index (χ0v) is 12.1. The Morgan fingerprint density at radius 3 is 2.45 bits per heavy atom. The lowest BCUT2D eigenvalue weighted by atomic mass is 10.1. The standard InChI is InChI=1S/C16H17FN2S/c1-2-3-11-4-7-13(8-5-11)19-15-9-6-12(16(18)20)10-14(15)17/h4-10,19H,2-3H2,1H3,(H2,18,20). The number of halogens is 1. The highest BCUT2D eigenvalue weighted by atomic mass is 32.1. The molecule has 0 saturated heterocycles. The van der Waals surface area contributed by atoms with Crippen molar-refractivity contribution in [3.8, 4) is 0 Å². The van der Waals surface area contributed by atoms with Crippen LogP contribution in [-0.4, -0.2) is 4.99 Å². The number of aryl methyl sites for hydroxylation is 1. The van der Waals surface area contributed by atoms with E-state index in [1.165, 1.54) is 11.6 Å². The molecule has 0 aliphatic heterocycles. The molecule has 3 N–H and O–H groups in total. The molecule has 0 bridgehead atoms. The molecule has 20 heavy (non-hydrogen) atoms. The van der Waals surface area contributed by atoms with E-state index in [1.807, 2.05) is 24.3 Å². The Balaban J connectivity index is 2.15. The zero-order chi connectivity index (χ0) is 14.5. The highest BCUT2D eigenvalue weighted by Gasteiger charge is 2.05. The first-order valence-corrected chi connectivity index (χ1v) is 6.96. The average Bonchev–Trinajstić information content (AvgIpc) is 2.43. The van der Waals surface area contributed by atoms with Crippen molar-refractivity contribution in [2.24, 2.45) is 5.73 Å². The van der Waals surface area contributed by atoms with Gasteiger partial charge in [0.15, 0.2) is 0 Å². The SMILES string of the molecule is CCCc1ccc(Nc2ccc(C(N)=S)cc2F)cc1. The molecule has 0 unspecified atom stereocenters. The number of nitrogens with two attached hydrogens (primary N) is 1. The molecule has 2 rings (SSSR count). The molecule has 2 nitrogen and oxygen atoms in total. The molecule has 0 atom stereocenters. The minimum Gasteiger partial charge on any atom is -0.389 e. The largest absolute Gasteiger partial charge is 0.389 e. The summed E-state index contributed by atoms with van der Waals surface area (Å²) in [5.74, 6) is -0.368. The van der Waals surface area contributed by atoms with E-state index < -0.39 is 0 Å². The van der Waals surface area contributed by atoms with Gasteiger partial charge in [0, 0.05) is 11.3 Å². The van der Waals surface area contributed by atoms with Crippen molar-refractivity contribution < 1.29 is 4.39 Å². The van der Waals surface area contributed by atoms with E-state index in [1.54, 1.807) is 12.1 Å². The second-order valence-electron chi connectivity index (χ2n) is 4.63. The van der Waals surface area contributed by atoms with Crippen LogP contribution in [-0.2, 0) is 6.42 Å². The summed E-state index contributed by atoms with van der Waals surface area (Å²) in [6, 6.07) is 12.7. The lowest BCUT2D eigenvalue weighted by Gasteiger charge is -2.09. The first-order chi connectivity index (χ1) is 9.60. The molecule has 104 valence electrons. The Morgan fingerprint density at radius 1 is 1.20 bits per heavy atom. The van der Waals surface area contributed by atoms with Crippen molar-refractivity contribution in [3.05, 3.63) is 59.4 Å². The van der Waals surface area contributed by atoms with Crippen LogP contribution in [0.3, 0.4) is 0 Å². The van der Waals surface area contributed by atoms with E-state index in [2.05, 4.69) is 12.2 Å². The highest BCUT2D eigenvalue weighted by molar-refractivity contribution is 7.80. The van der Waals surface area contributed by atoms with Crippen molar-refractivity contribution in [1.82, 2.24) is 0 Å². The molecule has 0 amide bonds. The fourth-order valence-corrected chi connectivity index (χ4v) is 2.10. The van der Waals surface area contributed by atoms with Gasteiger partial charge in [0.2, 0.25) is 0 Å². The van der Waals surface area contributed by atoms with Crippen molar-refractivity contribution in [3.63, 3.8) is 0 Å². The number of nitrogens with one attached hydrogen (secondary N) is 1. The fourth-order valence-electron chi connectivity index (χ4n) is 1.97. The zero-order valence-electron chi connectivity index (χ0n) is 11.3. The summed E-state index contributed by atoms with van der Waals surface area (Å²) >= 11 is 4.82. The topological polar surface area (TPSA) is 38.0 Å². The van der Waals surface area contributed by atoms with Gasteiger partial charge in [-0.05, 0) is 42.3 Å². The van der Waals surface area contributed by atoms with Gasteiger partial charge >= 0.3 is 0 Å². The third-order valence-electron chi connectivity index (χ3n) is 3.03. The van der Waals surface area contributed by atoms with Gasteiger partial charge in [-0.2, -0.15) is 0 Å². The third-order valence-corrected chi connectivity index (χ3v) is 3.26. The minimum atomic E-state index is -0.368. The van der Waals surface area contributed by atoms with E-state index in [-0.39, 0.29) is 10.8 Å². The summed E-state index contributed by atoms with van der Waals surface area (Å²) in [6.45, 7) is 2.14. The number of rotatable bonds is 5. The van der Waals surface area contributed by atoms with E-state index in [0.29, 0.717) is 11.3 Å². The summed E-state index contributed by atoms with van der Waals surface area (Å²) in [5.41, 5.74) is 8.55. The molecule has 0 saturated carbocycles. The molecule has 4 heteroatoms. The minimum absolute atomic E-state index is 0.194. The molecule has 0 heterocycles. The molecular weight excluding hydrogens is 271 g/mol. The van der Waals surface area contributed by atoms with Crippen molar-refractivity contribution in [2.45, 2.75) is 19.8 Å². The lowest BCUT2D eigenvalue weighted by molar-refractivity contribution is 0.631. The quantitative estimate of drug-likeness (QED) is 0.811. The van der Waals surface area contributed by atoms with Crippen LogP contribution in [0.1, 0.15) is 24.5 Å². The van der Waals surface area contributed by atoms with Gasteiger partial charge in [-0.15, -0.1) is 0 Å². The maximum Gasteiger partial charge on any atom is 0.147 e. The predicted molar refractivity (Wildman–Crippen MR) is 86.0 cm³/mol. The molecule has 0 aliphatic carbocycles. The monoisotopic (exact) mass is 288 g/mol. The molecule has 0 spiro atoms. The Morgan fingerprint density at radius 2 is 1.90 bits per heavy atom. The van der Waals surface area contributed by atoms with Crippen molar-refractivity contribution in [1.29, 1.82) is 0 Å². The molecule has 0 radical (unpaired) electrons. The van der Waals surface area contributed by atoms with Gasteiger partial charge < -0.3 is 11.1 Å². The van der Waals surface area contributed by atoms with Crippen LogP contribution in [0, 0.1) is 5.82 Å². The smallest absolute Gasteiger partial charge is 0.147 e. The van der Waals surface area contributed by atoms with E-state index in [0.717, 1.165) is 18.5 Å². The summed E-state index contributed by atoms with van der Waals surface area (Å²) in [6.07, 6.45) is 2.17. The molecule has 0 fully saturated rings. The van der Waals surface area contributed by atoms with Gasteiger partial charge in [-0.25, -0.2) is 4.39 Å². The van der Waals surface area contributed by atoms with Crippen LogP contribution in [0.15, 0.2) is 42.5 Å². The number of hydrogen-bond acceptors (Lipinski definition) is 2. The second-order valence-corrected chi connectivity index (χ2v) is 5.07. The normalized spacial score (nSPS) is 10.3. The number of thiocarbonyl (C=S) groups is 1. The molecule has 0 aromatic heterocycles. The Bertz CT molecular complexity index is 608. The Labute approximate surface area is 123 Å². The van der Waals surface area contributed by atoms with Crippen molar-refractivity contribution in [2.75, 3.05) is 5.32 Å². The van der Waals surface area contributed by atoms with Crippen LogP contribution < -0.4 is 11.1 Å². The lowest BCUT2D eigenvalue weighted by Crippen LogP contribution is -2.09. The van der Waals surface area contributed by atoms with Crippen LogP contribution in [0.2, 0.25) is 0 Å². The van der Waals surface area contributed by atoms with Gasteiger partial charge in [0.25, 0.3) is 0 Å².